The van der Waals surface area contributed by atoms with E-state index in [9.17, 15) is 8.78 Å². The molecule has 0 saturated heterocycles. The fraction of sp³-hybridized carbons (Fsp3) is 0.0769. The number of rotatable bonds is 3. The molecule has 8 heteroatoms. The van der Waals surface area contributed by atoms with E-state index in [0.29, 0.717) is 16.4 Å². The summed E-state index contributed by atoms with van der Waals surface area (Å²) in [6.45, 7) is 0. The molecule has 21 heavy (non-hydrogen) atoms. The zero-order valence-corrected chi connectivity index (χ0v) is 11.1. The Labute approximate surface area is 122 Å². The molecule has 2 heterocycles. The number of alkyl halides is 2. The zero-order valence-electron chi connectivity index (χ0n) is 10.4. The molecular weight excluding hydrogens is 302 g/mol. The van der Waals surface area contributed by atoms with Gasteiger partial charge in [0.05, 0.1) is 5.56 Å². The summed E-state index contributed by atoms with van der Waals surface area (Å²) in [6, 6.07) is 7.00. The average Bonchev–Trinajstić information content (AvgIpc) is 2.98. The molecule has 0 saturated carbocycles. The van der Waals surface area contributed by atoms with Gasteiger partial charge < -0.3 is 4.42 Å². The van der Waals surface area contributed by atoms with Crippen molar-refractivity contribution in [3.63, 3.8) is 0 Å². The topological polar surface area (TPSA) is 64.7 Å². The number of halogens is 3. The Balaban J connectivity index is 1.88. The van der Waals surface area contributed by atoms with E-state index in [4.69, 9.17) is 16.0 Å². The van der Waals surface area contributed by atoms with E-state index in [1.165, 1.54) is 12.4 Å². The lowest BCUT2D eigenvalue weighted by atomic mass is 10.2. The van der Waals surface area contributed by atoms with Crippen molar-refractivity contribution < 1.29 is 13.2 Å². The van der Waals surface area contributed by atoms with Crippen LogP contribution in [0.2, 0.25) is 5.02 Å². The van der Waals surface area contributed by atoms with Crippen molar-refractivity contribution in [2.45, 2.75) is 6.43 Å². The highest BCUT2D eigenvalue weighted by Gasteiger charge is 2.17. The molecule has 0 aliphatic rings. The van der Waals surface area contributed by atoms with Crippen molar-refractivity contribution in [3.8, 4) is 22.8 Å². The Bertz CT molecular complexity index is 744. The van der Waals surface area contributed by atoms with Gasteiger partial charge in [-0.2, -0.15) is 8.78 Å². The van der Waals surface area contributed by atoms with E-state index in [1.54, 1.807) is 24.3 Å². The minimum Gasteiger partial charge on any atom is -0.415 e. The molecule has 5 nitrogen and oxygen atoms in total. The zero-order chi connectivity index (χ0) is 14.8. The predicted octanol–water partition coefficient (Wildman–Crippen LogP) is 3.78. The lowest BCUT2D eigenvalue weighted by Gasteiger charge is -2.00. The molecule has 0 amide bonds. The third-order valence-electron chi connectivity index (χ3n) is 2.63. The van der Waals surface area contributed by atoms with Gasteiger partial charge in [0.2, 0.25) is 0 Å². The molecule has 106 valence electrons. The maximum absolute atomic E-state index is 12.4. The van der Waals surface area contributed by atoms with E-state index >= 15 is 0 Å². The largest absolute Gasteiger partial charge is 0.415 e. The molecule has 0 fully saturated rings. The van der Waals surface area contributed by atoms with Crippen LogP contribution in [0, 0.1) is 0 Å². The second-order valence-electron chi connectivity index (χ2n) is 4.05. The molecule has 3 rings (SSSR count). The van der Waals surface area contributed by atoms with Gasteiger partial charge in [-0.1, -0.05) is 11.6 Å². The molecule has 3 aromatic rings. The van der Waals surface area contributed by atoms with Crippen LogP contribution < -0.4 is 0 Å². The number of hydrogen-bond acceptors (Lipinski definition) is 5. The Morgan fingerprint density at radius 3 is 2.19 bits per heavy atom. The van der Waals surface area contributed by atoms with Gasteiger partial charge in [0.15, 0.2) is 5.82 Å². The maximum atomic E-state index is 12.4. The van der Waals surface area contributed by atoms with E-state index in [-0.39, 0.29) is 5.89 Å². The lowest BCUT2D eigenvalue weighted by Crippen LogP contribution is -1.89. The molecule has 0 spiro atoms. The van der Waals surface area contributed by atoms with Crippen LogP contribution in [-0.4, -0.2) is 20.2 Å². The second kappa shape index (κ2) is 5.53. The summed E-state index contributed by atoms with van der Waals surface area (Å²) >= 11 is 5.80. The molecule has 1 aromatic carbocycles. The standard InChI is InChI=1S/C13H7ClF2N4O/c14-9-3-1-7(2-4-9)11-17-5-8(6-18-11)12-19-20-13(21-12)10(15)16/h1-6,10H. The number of nitrogens with zero attached hydrogens (tertiary/aromatic N) is 4. The predicted molar refractivity (Wildman–Crippen MR) is 70.7 cm³/mol. The Kier molecular flexibility index (Phi) is 3.57. The SMILES string of the molecule is FC(F)c1nnc(-c2cnc(-c3ccc(Cl)cc3)nc2)o1. The van der Waals surface area contributed by atoms with Crippen LogP contribution in [0.5, 0.6) is 0 Å². The van der Waals surface area contributed by atoms with Crippen LogP contribution in [0.25, 0.3) is 22.8 Å². The van der Waals surface area contributed by atoms with Crippen LogP contribution >= 0.6 is 11.6 Å². The van der Waals surface area contributed by atoms with Gasteiger partial charge >= 0.3 is 6.43 Å². The summed E-state index contributed by atoms with van der Waals surface area (Å²) in [4.78, 5) is 8.28. The third kappa shape index (κ3) is 2.87. The quantitative estimate of drug-likeness (QED) is 0.736. The van der Waals surface area contributed by atoms with Gasteiger partial charge in [-0.15, -0.1) is 10.2 Å². The highest BCUT2D eigenvalue weighted by atomic mass is 35.5. The van der Waals surface area contributed by atoms with Crippen LogP contribution in [0.1, 0.15) is 12.3 Å². The summed E-state index contributed by atoms with van der Waals surface area (Å²) in [5.74, 6) is -0.302. The summed E-state index contributed by atoms with van der Waals surface area (Å²) < 4.78 is 29.6. The Hall–Kier alpha value is -2.41. The van der Waals surface area contributed by atoms with E-state index < -0.39 is 12.3 Å². The highest BCUT2D eigenvalue weighted by molar-refractivity contribution is 6.30. The first-order valence-electron chi connectivity index (χ1n) is 5.83. The summed E-state index contributed by atoms with van der Waals surface area (Å²) in [6.07, 6.45) is 0.0554. The molecule has 0 radical (unpaired) electrons. The van der Waals surface area contributed by atoms with E-state index in [1.807, 2.05) is 0 Å². The molecule has 0 aliphatic carbocycles. The minimum absolute atomic E-state index is 0.0482. The van der Waals surface area contributed by atoms with Crippen LogP contribution in [0.15, 0.2) is 41.1 Å². The van der Waals surface area contributed by atoms with Gasteiger partial charge in [-0.05, 0) is 24.3 Å². The van der Waals surface area contributed by atoms with Crippen molar-refractivity contribution in [1.82, 2.24) is 20.2 Å². The van der Waals surface area contributed by atoms with Gasteiger partial charge in [0, 0.05) is 23.0 Å². The van der Waals surface area contributed by atoms with Gasteiger partial charge in [-0.3, -0.25) is 0 Å². The number of hydrogen-bond donors (Lipinski definition) is 0. The van der Waals surface area contributed by atoms with Crippen LogP contribution in [0.3, 0.4) is 0 Å². The fourth-order valence-corrected chi connectivity index (χ4v) is 1.75. The molecule has 2 aromatic heterocycles. The minimum atomic E-state index is -2.81. The van der Waals surface area contributed by atoms with Crippen LogP contribution in [0.4, 0.5) is 8.78 Å². The second-order valence-corrected chi connectivity index (χ2v) is 4.48. The van der Waals surface area contributed by atoms with Gasteiger partial charge in [-0.25, -0.2) is 9.97 Å². The molecule has 0 bridgehead atoms. The average molecular weight is 309 g/mol. The van der Waals surface area contributed by atoms with E-state index in [2.05, 4.69) is 20.2 Å². The monoisotopic (exact) mass is 308 g/mol. The summed E-state index contributed by atoms with van der Waals surface area (Å²) in [7, 11) is 0. The first-order valence-corrected chi connectivity index (χ1v) is 6.21. The van der Waals surface area contributed by atoms with Crippen molar-refractivity contribution in [3.05, 3.63) is 47.6 Å². The molecule has 0 aliphatic heterocycles. The summed E-state index contributed by atoms with van der Waals surface area (Å²) in [5.41, 5.74) is 1.15. The number of aromatic nitrogens is 4. The molecule has 0 atom stereocenters. The van der Waals surface area contributed by atoms with Crippen molar-refractivity contribution in [2.75, 3.05) is 0 Å². The third-order valence-corrected chi connectivity index (χ3v) is 2.88. The normalized spacial score (nSPS) is 11.0. The van der Waals surface area contributed by atoms with Crippen LogP contribution in [-0.2, 0) is 0 Å². The molecular formula is C13H7ClF2N4O. The van der Waals surface area contributed by atoms with Crippen molar-refractivity contribution in [1.29, 1.82) is 0 Å². The maximum Gasteiger partial charge on any atom is 0.314 e. The Morgan fingerprint density at radius 2 is 1.62 bits per heavy atom. The molecule has 0 unspecified atom stereocenters. The fourth-order valence-electron chi connectivity index (χ4n) is 1.63. The lowest BCUT2D eigenvalue weighted by molar-refractivity contribution is 0.116. The van der Waals surface area contributed by atoms with Gasteiger partial charge in [0.1, 0.15) is 0 Å². The first-order chi connectivity index (χ1) is 10.1. The first kappa shape index (κ1) is 13.6. The smallest absolute Gasteiger partial charge is 0.314 e. The Morgan fingerprint density at radius 1 is 0.952 bits per heavy atom. The number of benzene rings is 1. The highest BCUT2D eigenvalue weighted by Crippen LogP contribution is 2.23. The summed E-state index contributed by atoms with van der Waals surface area (Å²) in [5, 5.41) is 7.38. The van der Waals surface area contributed by atoms with Gasteiger partial charge in [0.25, 0.3) is 11.8 Å². The van der Waals surface area contributed by atoms with Crippen molar-refractivity contribution in [2.24, 2.45) is 0 Å². The van der Waals surface area contributed by atoms with E-state index in [0.717, 1.165) is 5.56 Å². The van der Waals surface area contributed by atoms with Crippen molar-refractivity contribution >= 4 is 11.6 Å². The molecule has 0 N–H and O–H groups in total.